The van der Waals surface area contributed by atoms with E-state index in [-0.39, 0.29) is 19.0 Å². The van der Waals surface area contributed by atoms with Crippen LogP contribution < -0.4 is 10.6 Å². The molecule has 0 bridgehead atoms. The summed E-state index contributed by atoms with van der Waals surface area (Å²) in [6, 6.07) is -1.56. The summed E-state index contributed by atoms with van der Waals surface area (Å²) in [4.78, 5) is 22.8. The van der Waals surface area contributed by atoms with Crippen molar-refractivity contribution >= 4 is 23.9 Å². The molecule has 0 aliphatic rings. The number of hydrogen-bond donors (Lipinski definition) is 3. The summed E-state index contributed by atoms with van der Waals surface area (Å²) in [7, 11) is 4.14. The highest BCUT2D eigenvalue weighted by Crippen LogP contribution is 2.12. The number of urea groups is 1. The molecule has 4 atom stereocenters. The van der Waals surface area contributed by atoms with E-state index in [1.165, 1.54) is 21.3 Å². The highest BCUT2D eigenvalue weighted by atomic mass is 35.5. The van der Waals surface area contributed by atoms with Crippen LogP contribution in [-0.2, 0) is 19.0 Å². The number of amides is 2. The molecule has 0 saturated carbocycles. The average Bonchev–Trinajstić information content (AvgIpc) is 2.48. The van der Waals surface area contributed by atoms with Crippen molar-refractivity contribution in [3.05, 3.63) is 0 Å². The first kappa shape index (κ1) is 20.1. The Labute approximate surface area is 129 Å². The van der Waals surface area contributed by atoms with E-state index in [1.807, 2.05) is 0 Å². The molecule has 0 rings (SSSR count). The topological polar surface area (TPSA) is 106 Å². The molecular weight excluding hydrogens is 304 g/mol. The van der Waals surface area contributed by atoms with Gasteiger partial charge in [-0.25, -0.2) is 4.79 Å². The van der Waals surface area contributed by atoms with Gasteiger partial charge in [-0.1, -0.05) is 0 Å². The van der Waals surface area contributed by atoms with Gasteiger partial charge in [0.05, 0.1) is 6.61 Å². The maximum atomic E-state index is 11.6. The van der Waals surface area contributed by atoms with Gasteiger partial charge in [0.1, 0.15) is 30.6 Å². The van der Waals surface area contributed by atoms with E-state index in [0.29, 0.717) is 6.29 Å². The summed E-state index contributed by atoms with van der Waals surface area (Å²) in [6.07, 6.45) is -2.22. The monoisotopic (exact) mass is 326 g/mol. The molecule has 124 valence electrons. The Morgan fingerprint density at radius 1 is 1.29 bits per heavy atom. The molecule has 0 aromatic rings. The van der Waals surface area contributed by atoms with Crippen LogP contribution in [0.15, 0.2) is 0 Å². The number of carbonyl (C=O) groups excluding carboxylic acids is 2. The van der Waals surface area contributed by atoms with Gasteiger partial charge in [-0.3, -0.25) is 0 Å². The van der Waals surface area contributed by atoms with E-state index >= 15 is 0 Å². The quantitative estimate of drug-likeness (QED) is 0.337. The molecule has 0 saturated heterocycles. The molecule has 3 N–H and O–H groups in total. The Kier molecular flexibility index (Phi) is 11.2. The largest absolute Gasteiger partial charge is 0.388 e. The first-order valence-corrected chi connectivity index (χ1v) is 6.87. The van der Waals surface area contributed by atoms with E-state index in [4.69, 9.17) is 25.8 Å². The van der Waals surface area contributed by atoms with Crippen molar-refractivity contribution < 1.29 is 28.9 Å². The second-order valence-electron chi connectivity index (χ2n) is 4.17. The van der Waals surface area contributed by atoms with Crippen LogP contribution in [0.4, 0.5) is 4.79 Å². The summed E-state index contributed by atoms with van der Waals surface area (Å²) < 4.78 is 15.2. The van der Waals surface area contributed by atoms with Crippen LogP contribution in [-0.4, -0.2) is 82.1 Å². The van der Waals surface area contributed by atoms with E-state index in [0.717, 1.165) is 0 Å². The lowest BCUT2D eigenvalue weighted by atomic mass is 10.0. The molecule has 4 unspecified atom stereocenters. The van der Waals surface area contributed by atoms with Gasteiger partial charge >= 0.3 is 6.03 Å². The number of nitrogens with one attached hydrogen (secondary N) is 2. The van der Waals surface area contributed by atoms with Gasteiger partial charge in [0.2, 0.25) is 0 Å². The predicted octanol–water partition coefficient (Wildman–Crippen LogP) is -0.871. The molecule has 2 amide bonds. The zero-order valence-corrected chi connectivity index (χ0v) is 13.1. The number of aliphatic hydroxyl groups excluding tert-OH is 1. The highest BCUT2D eigenvalue weighted by molar-refractivity contribution is 6.18. The summed E-state index contributed by atoms with van der Waals surface area (Å²) >= 11 is 5.45. The van der Waals surface area contributed by atoms with Crippen LogP contribution in [0.3, 0.4) is 0 Å². The number of aliphatic hydroxyl groups is 1. The fourth-order valence-corrected chi connectivity index (χ4v) is 1.91. The van der Waals surface area contributed by atoms with Gasteiger partial charge in [0.15, 0.2) is 0 Å². The Morgan fingerprint density at radius 3 is 2.33 bits per heavy atom. The molecule has 0 spiro atoms. The number of carbonyl (C=O) groups is 2. The summed E-state index contributed by atoms with van der Waals surface area (Å²) in [5, 5.41) is 14.8. The third-order valence-electron chi connectivity index (χ3n) is 2.76. The smallest absolute Gasteiger partial charge is 0.315 e. The Balaban J connectivity index is 4.82. The minimum absolute atomic E-state index is 0.00237. The van der Waals surface area contributed by atoms with Crippen LogP contribution in [0.5, 0.6) is 0 Å². The fraction of sp³-hybridized carbons (Fsp3) is 0.833. The van der Waals surface area contributed by atoms with Gasteiger partial charge < -0.3 is 34.7 Å². The molecule has 0 radical (unpaired) electrons. The summed E-state index contributed by atoms with van der Waals surface area (Å²) in [5.74, 6) is 0.250. The van der Waals surface area contributed by atoms with Crippen molar-refractivity contribution in [1.29, 1.82) is 0 Å². The standard InChI is InChI=1S/C12H23ClN2O6/c1-19-7-9(17)11(21-3)10(20-2)8(6-16)15-12(18)14-5-4-13/h6,8-11,17H,4-5,7H2,1-3H3,(H2,14,15,18). The van der Waals surface area contributed by atoms with Crippen LogP contribution in [0.1, 0.15) is 0 Å². The first-order valence-electron chi connectivity index (χ1n) is 6.33. The number of ether oxygens (including phenoxy) is 3. The number of methoxy groups -OCH3 is 3. The third-order valence-corrected chi connectivity index (χ3v) is 2.95. The third kappa shape index (κ3) is 7.05. The number of rotatable bonds is 11. The molecule has 0 aromatic heterocycles. The highest BCUT2D eigenvalue weighted by Gasteiger charge is 2.35. The molecular formula is C12H23ClN2O6. The van der Waals surface area contributed by atoms with Gasteiger partial charge in [-0.15, -0.1) is 11.6 Å². The number of hydrogen-bond acceptors (Lipinski definition) is 6. The van der Waals surface area contributed by atoms with Crippen molar-refractivity contribution in [2.24, 2.45) is 0 Å². The first-order chi connectivity index (χ1) is 10.0. The summed E-state index contributed by atoms with van der Waals surface area (Å²) in [5.41, 5.74) is 0. The Morgan fingerprint density at radius 2 is 1.90 bits per heavy atom. The molecule has 8 nitrogen and oxygen atoms in total. The molecule has 0 fully saturated rings. The molecule has 21 heavy (non-hydrogen) atoms. The average molecular weight is 327 g/mol. The SMILES string of the molecule is COCC(O)C(OC)C(OC)C(C=O)NC(=O)NCCCl. The molecule has 0 heterocycles. The lowest BCUT2D eigenvalue weighted by Gasteiger charge is -2.32. The van der Waals surface area contributed by atoms with Crippen molar-refractivity contribution in [2.45, 2.75) is 24.4 Å². The van der Waals surface area contributed by atoms with Gasteiger partial charge in [-0.05, 0) is 0 Å². The second-order valence-corrected chi connectivity index (χ2v) is 4.55. The Bertz CT molecular complexity index is 307. The molecule has 0 aliphatic heterocycles. The second kappa shape index (κ2) is 11.7. The normalized spacial score (nSPS) is 16.6. The molecule has 0 aromatic carbocycles. The van der Waals surface area contributed by atoms with Crippen molar-refractivity contribution in [3.63, 3.8) is 0 Å². The number of alkyl halides is 1. The lowest BCUT2D eigenvalue weighted by molar-refractivity contribution is -0.131. The lowest BCUT2D eigenvalue weighted by Crippen LogP contribution is -2.56. The van der Waals surface area contributed by atoms with Crippen LogP contribution in [0.25, 0.3) is 0 Å². The maximum absolute atomic E-state index is 11.6. The van der Waals surface area contributed by atoms with Gasteiger partial charge in [0.25, 0.3) is 0 Å². The van der Waals surface area contributed by atoms with Gasteiger partial charge in [-0.2, -0.15) is 0 Å². The van der Waals surface area contributed by atoms with Crippen LogP contribution >= 0.6 is 11.6 Å². The molecule has 0 aliphatic carbocycles. The van der Waals surface area contributed by atoms with Gasteiger partial charge in [0, 0.05) is 33.8 Å². The van der Waals surface area contributed by atoms with Crippen LogP contribution in [0, 0.1) is 0 Å². The number of halogens is 1. The van der Waals surface area contributed by atoms with E-state index in [9.17, 15) is 14.7 Å². The minimum atomic E-state index is -1.01. The van der Waals surface area contributed by atoms with E-state index < -0.39 is 30.4 Å². The van der Waals surface area contributed by atoms with Crippen molar-refractivity contribution in [3.8, 4) is 0 Å². The van der Waals surface area contributed by atoms with E-state index in [2.05, 4.69) is 10.6 Å². The predicted molar refractivity (Wildman–Crippen MR) is 76.6 cm³/mol. The van der Waals surface area contributed by atoms with Crippen LogP contribution in [0.2, 0.25) is 0 Å². The molecule has 9 heteroatoms. The fourth-order valence-electron chi connectivity index (χ4n) is 1.82. The van der Waals surface area contributed by atoms with E-state index in [1.54, 1.807) is 0 Å². The zero-order chi connectivity index (χ0) is 16.3. The van der Waals surface area contributed by atoms with Crippen molar-refractivity contribution in [2.75, 3.05) is 40.4 Å². The zero-order valence-electron chi connectivity index (χ0n) is 12.4. The Hall–Kier alpha value is -0.930. The maximum Gasteiger partial charge on any atom is 0.315 e. The van der Waals surface area contributed by atoms with Crippen molar-refractivity contribution in [1.82, 2.24) is 10.6 Å². The summed E-state index contributed by atoms with van der Waals surface area (Å²) in [6.45, 7) is 0.263. The number of aldehydes is 1. The minimum Gasteiger partial charge on any atom is -0.388 e.